The van der Waals surface area contributed by atoms with Crippen LogP contribution in [-0.4, -0.2) is 46.9 Å². The minimum atomic E-state index is -0.797. The summed E-state index contributed by atoms with van der Waals surface area (Å²) in [7, 11) is 0. The average Bonchev–Trinajstić information content (AvgIpc) is 3.28. The molecule has 0 aromatic rings. The summed E-state index contributed by atoms with van der Waals surface area (Å²) in [4.78, 5) is 26.2. The number of unbranched alkanes of at least 4 members (excludes halogenated alkanes) is 28. The van der Waals surface area contributed by atoms with E-state index in [2.05, 4.69) is 86.8 Å². The third-order valence-electron chi connectivity index (χ3n) is 12.1. The van der Waals surface area contributed by atoms with Gasteiger partial charge >= 0.3 is 5.97 Å². The summed E-state index contributed by atoms with van der Waals surface area (Å²) in [5.74, 6) is -0.507. The Hall–Kier alpha value is -2.44. The van der Waals surface area contributed by atoms with Crippen molar-refractivity contribution in [3.63, 3.8) is 0 Å². The van der Waals surface area contributed by atoms with Crippen molar-refractivity contribution in [1.29, 1.82) is 0 Å². The lowest BCUT2D eigenvalue weighted by atomic mass is 10.0. The Kier molecular flexibility index (Phi) is 48.6. The van der Waals surface area contributed by atoms with Crippen LogP contribution in [0.2, 0.25) is 0 Å². The molecule has 0 aliphatic heterocycles. The second kappa shape index (κ2) is 50.6. The zero-order valence-electron chi connectivity index (χ0n) is 41.7. The first-order valence-electron chi connectivity index (χ1n) is 27.0. The second-order valence-corrected chi connectivity index (χ2v) is 18.3. The molecule has 366 valence electrons. The highest BCUT2D eigenvalue weighted by Crippen LogP contribution is 2.18. The lowest BCUT2D eigenvalue weighted by Crippen LogP contribution is -2.46. The number of ether oxygens (including phenoxy) is 1. The van der Waals surface area contributed by atoms with Crippen LogP contribution in [0.25, 0.3) is 0 Å². The maximum absolute atomic E-state index is 13.2. The van der Waals surface area contributed by atoms with Crippen molar-refractivity contribution in [1.82, 2.24) is 5.32 Å². The molecule has 6 nitrogen and oxygen atoms in total. The van der Waals surface area contributed by atoms with Gasteiger partial charge in [0.05, 0.1) is 25.2 Å². The van der Waals surface area contributed by atoms with Gasteiger partial charge in [-0.1, -0.05) is 236 Å². The Bertz CT molecular complexity index is 1130. The first-order chi connectivity index (χ1) is 31.0. The van der Waals surface area contributed by atoms with Crippen LogP contribution < -0.4 is 5.32 Å². The topological polar surface area (TPSA) is 95.9 Å². The summed E-state index contributed by atoms with van der Waals surface area (Å²) in [6.45, 7) is 6.33. The monoisotopic (exact) mass is 882 g/mol. The smallest absolute Gasteiger partial charge is 0.306 e. The number of carbonyl (C=O) groups excluding carboxylic acids is 2. The normalized spacial score (nSPS) is 13.7. The molecule has 0 rings (SSSR count). The van der Waals surface area contributed by atoms with Gasteiger partial charge in [0.2, 0.25) is 5.91 Å². The van der Waals surface area contributed by atoms with Gasteiger partial charge in [0.25, 0.3) is 0 Å². The third kappa shape index (κ3) is 45.9. The Morgan fingerprint density at radius 3 is 1.44 bits per heavy atom. The molecule has 0 fully saturated rings. The Morgan fingerprint density at radius 2 is 0.921 bits per heavy atom. The fraction of sp³-hybridized carbons (Fsp3) is 0.789. The van der Waals surface area contributed by atoms with Crippen LogP contribution in [0.5, 0.6) is 0 Å². The predicted molar refractivity (Wildman–Crippen MR) is 273 cm³/mol. The number of hydrogen-bond donors (Lipinski definition) is 3. The van der Waals surface area contributed by atoms with Crippen LogP contribution in [0.1, 0.15) is 265 Å². The van der Waals surface area contributed by atoms with E-state index in [9.17, 15) is 19.8 Å². The van der Waals surface area contributed by atoms with Crippen LogP contribution in [0.15, 0.2) is 60.8 Å². The highest BCUT2D eigenvalue weighted by molar-refractivity contribution is 5.77. The van der Waals surface area contributed by atoms with E-state index in [1.807, 2.05) is 0 Å². The quantitative estimate of drug-likeness (QED) is 0.0245. The van der Waals surface area contributed by atoms with Crippen LogP contribution in [0, 0.1) is 0 Å². The zero-order valence-corrected chi connectivity index (χ0v) is 41.7. The molecule has 0 radical (unpaired) electrons. The second-order valence-electron chi connectivity index (χ2n) is 18.3. The number of hydrogen-bond acceptors (Lipinski definition) is 5. The predicted octanol–water partition coefficient (Wildman–Crippen LogP) is 16.4. The van der Waals surface area contributed by atoms with Gasteiger partial charge < -0.3 is 20.3 Å². The van der Waals surface area contributed by atoms with E-state index in [0.717, 1.165) is 96.3 Å². The number of nitrogens with one attached hydrogen (secondary N) is 1. The number of rotatable bonds is 48. The standard InChI is InChI=1S/C57H103NO5/c1-4-7-10-13-16-19-22-25-27-29-32-34-37-40-43-46-49-55(60)54(52-59)58-56(61)51-53(48-45-42-39-36-33-31-28-26-23-20-17-14-11-8-5-2)63-57(62)50-47-44-41-38-35-30-24-21-18-15-12-9-6-3/h9,12,15,17-18,20-21,24,26,28,53-55,59-60H,4-8,10-11,13-14,16,19,22-23,25,27,29-52H2,1-3H3,(H,58,61)/b12-9+,18-15+,20-17-,24-21-,28-26-. The van der Waals surface area contributed by atoms with Crippen LogP contribution >= 0.6 is 0 Å². The molecule has 0 saturated heterocycles. The van der Waals surface area contributed by atoms with Gasteiger partial charge in [0, 0.05) is 6.42 Å². The summed E-state index contributed by atoms with van der Waals surface area (Å²) in [6.07, 6.45) is 62.8. The maximum Gasteiger partial charge on any atom is 0.306 e. The molecule has 3 N–H and O–H groups in total. The Morgan fingerprint density at radius 1 is 0.492 bits per heavy atom. The molecule has 0 aliphatic rings. The number of amides is 1. The van der Waals surface area contributed by atoms with E-state index in [0.29, 0.717) is 19.3 Å². The molecule has 0 spiro atoms. The molecule has 3 unspecified atom stereocenters. The van der Waals surface area contributed by atoms with Crippen LogP contribution in [0.4, 0.5) is 0 Å². The Labute approximate surface area is 390 Å². The SMILES string of the molecule is CC/C=C/C=C/C=C\CCCCCCCC(=O)OC(CCCCCCC/C=C\C/C=C\CCCCC)CC(=O)NC(CO)C(O)CCCCCCCCCCCCCCCCCC. The first kappa shape index (κ1) is 60.6. The maximum atomic E-state index is 13.2. The summed E-state index contributed by atoms with van der Waals surface area (Å²) in [5, 5.41) is 23.8. The minimum absolute atomic E-state index is 0.0590. The lowest BCUT2D eigenvalue weighted by Gasteiger charge is -2.24. The number of esters is 1. The molecule has 0 aromatic carbocycles. The molecule has 3 atom stereocenters. The number of aliphatic hydroxyl groups excluding tert-OH is 2. The van der Waals surface area contributed by atoms with E-state index < -0.39 is 18.2 Å². The number of aliphatic hydroxyl groups is 2. The van der Waals surface area contributed by atoms with Gasteiger partial charge in [0.15, 0.2) is 0 Å². The molecular formula is C57H103NO5. The van der Waals surface area contributed by atoms with Crippen molar-refractivity contribution in [2.24, 2.45) is 0 Å². The molecule has 0 bridgehead atoms. The molecule has 6 heteroatoms. The third-order valence-corrected chi connectivity index (χ3v) is 12.1. The Balaban J connectivity index is 4.59. The lowest BCUT2D eigenvalue weighted by molar-refractivity contribution is -0.151. The molecule has 0 saturated carbocycles. The van der Waals surface area contributed by atoms with E-state index in [4.69, 9.17) is 4.74 Å². The number of carbonyl (C=O) groups is 2. The van der Waals surface area contributed by atoms with Gasteiger partial charge in [-0.25, -0.2) is 0 Å². The highest BCUT2D eigenvalue weighted by atomic mass is 16.5. The highest BCUT2D eigenvalue weighted by Gasteiger charge is 2.24. The minimum Gasteiger partial charge on any atom is -0.462 e. The molecule has 63 heavy (non-hydrogen) atoms. The largest absolute Gasteiger partial charge is 0.462 e. The van der Waals surface area contributed by atoms with Crippen molar-refractivity contribution < 1.29 is 24.5 Å². The van der Waals surface area contributed by atoms with Crippen molar-refractivity contribution >= 4 is 11.9 Å². The van der Waals surface area contributed by atoms with Gasteiger partial charge in [-0.05, 0) is 77.0 Å². The van der Waals surface area contributed by atoms with E-state index in [1.165, 1.54) is 122 Å². The van der Waals surface area contributed by atoms with Gasteiger partial charge in [-0.15, -0.1) is 0 Å². The van der Waals surface area contributed by atoms with E-state index >= 15 is 0 Å². The molecular weight excluding hydrogens is 779 g/mol. The first-order valence-corrected chi connectivity index (χ1v) is 27.0. The van der Waals surface area contributed by atoms with Crippen LogP contribution in [0.3, 0.4) is 0 Å². The van der Waals surface area contributed by atoms with Gasteiger partial charge in [-0.3, -0.25) is 9.59 Å². The zero-order chi connectivity index (χ0) is 45.9. The van der Waals surface area contributed by atoms with Crippen LogP contribution in [-0.2, 0) is 14.3 Å². The summed E-state index contributed by atoms with van der Waals surface area (Å²) in [6, 6.07) is -0.712. The summed E-state index contributed by atoms with van der Waals surface area (Å²) < 4.78 is 5.93. The molecule has 0 heterocycles. The summed E-state index contributed by atoms with van der Waals surface area (Å²) in [5.41, 5.74) is 0. The van der Waals surface area contributed by atoms with Crippen molar-refractivity contribution in [2.45, 2.75) is 283 Å². The van der Waals surface area contributed by atoms with Crippen molar-refractivity contribution in [2.75, 3.05) is 6.61 Å². The average molecular weight is 882 g/mol. The molecule has 0 aliphatic carbocycles. The number of allylic oxidation sites excluding steroid dienone is 10. The molecule has 1 amide bonds. The van der Waals surface area contributed by atoms with E-state index in [-0.39, 0.29) is 24.9 Å². The molecule has 0 aromatic heterocycles. The van der Waals surface area contributed by atoms with Gasteiger partial charge in [0.1, 0.15) is 6.10 Å². The van der Waals surface area contributed by atoms with E-state index in [1.54, 1.807) is 0 Å². The summed E-state index contributed by atoms with van der Waals surface area (Å²) >= 11 is 0. The van der Waals surface area contributed by atoms with Crippen molar-refractivity contribution in [3.8, 4) is 0 Å². The fourth-order valence-corrected chi connectivity index (χ4v) is 8.05. The fourth-order valence-electron chi connectivity index (χ4n) is 8.05. The van der Waals surface area contributed by atoms with Crippen molar-refractivity contribution in [3.05, 3.63) is 60.8 Å². The van der Waals surface area contributed by atoms with Gasteiger partial charge in [-0.2, -0.15) is 0 Å².